The largest absolute Gasteiger partial charge is 0.286 e. The lowest BCUT2D eigenvalue weighted by Crippen LogP contribution is -2.68. The first kappa shape index (κ1) is 13.6. The Balaban J connectivity index is 0.000000221. The van der Waals surface area contributed by atoms with Gasteiger partial charge in [-0.2, -0.15) is 4.40 Å². The molecule has 0 N–H and O–H groups in total. The van der Waals surface area contributed by atoms with E-state index in [1.54, 1.807) is 11.3 Å². The summed E-state index contributed by atoms with van der Waals surface area (Å²) in [5.41, 5.74) is 1.23. The monoisotopic (exact) mass is 283 g/mol. The maximum Gasteiger partial charge on any atom is 0.286 e. The highest BCUT2D eigenvalue weighted by Gasteiger charge is 2.10. The lowest BCUT2D eigenvalue weighted by Gasteiger charge is -2.17. The summed E-state index contributed by atoms with van der Waals surface area (Å²) in [6.45, 7) is 2.07. The molecule has 2 heterocycles. The van der Waals surface area contributed by atoms with Crippen molar-refractivity contribution in [3.63, 3.8) is 0 Å². The van der Waals surface area contributed by atoms with Crippen molar-refractivity contribution >= 4 is 27.8 Å². The summed E-state index contributed by atoms with van der Waals surface area (Å²) in [4.78, 5) is 1.12. The van der Waals surface area contributed by atoms with Crippen molar-refractivity contribution in [1.82, 2.24) is 0 Å². The van der Waals surface area contributed by atoms with E-state index in [4.69, 9.17) is 30.2 Å². The second kappa shape index (κ2) is 5.24. The first-order valence-electron chi connectivity index (χ1n) is 3.95. The van der Waals surface area contributed by atoms with Gasteiger partial charge in [0.2, 0.25) is 0 Å². The number of halogens is 2. The van der Waals surface area contributed by atoms with Crippen LogP contribution in [-0.4, -0.2) is 0 Å². The van der Waals surface area contributed by atoms with E-state index in [0.29, 0.717) is 0 Å². The smallest absolute Gasteiger partial charge is 0.222 e. The number of pyridine rings is 1. The van der Waals surface area contributed by atoms with Crippen LogP contribution < -0.4 is 23.0 Å². The molecule has 0 aromatic carbocycles. The summed E-state index contributed by atoms with van der Waals surface area (Å²) < 4.78 is 36.1. The Bertz CT molecular complexity index is 476. The van der Waals surface area contributed by atoms with Crippen LogP contribution in [0.25, 0.3) is 4.83 Å². The minimum atomic E-state index is -4.94. The zero-order chi connectivity index (χ0) is 12.3. The van der Waals surface area contributed by atoms with Gasteiger partial charge >= 0.3 is 0 Å². The maximum atomic E-state index is 8.49. The minimum Gasteiger partial charge on any atom is -0.222 e. The number of thiazole rings is 1. The predicted octanol–water partition coefficient (Wildman–Crippen LogP) is -2.31. The summed E-state index contributed by atoms with van der Waals surface area (Å²) in [6, 6.07) is 3.86. The summed E-state index contributed by atoms with van der Waals surface area (Å²) in [5.74, 6) is 0. The number of aryl methyl sites for hydroxylation is 1. The fourth-order valence-corrected chi connectivity index (χ4v) is 2.25. The normalized spacial score (nSPS) is 11.1. The topological polar surface area (TPSA) is 96.3 Å². The fraction of sp³-hybridized carbons (Fsp3) is 0.125. The molecule has 8 heteroatoms. The summed E-state index contributed by atoms with van der Waals surface area (Å²) in [6.07, 6.45) is 2.02. The van der Waals surface area contributed by atoms with Gasteiger partial charge in [-0.05, 0) is 6.07 Å². The minimum absolute atomic E-state index is 0.825. The summed E-state index contributed by atoms with van der Waals surface area (Å²) in [7, 11) is -4.94. The number of hydrogen-bond donors (Lipinski definition) is 0. The van der Waals surface area contributed by atoms with Crippen molar-refractivity contribution in [1.29, 1.82) is 0 Å². The van der Waals surface area contributed by atoms with Gasteiger partial charge in [0.1, 0.15) is 5.02 Å². The van der Waals surface area contributed by atoms with Gasteiger partial charge in [-0.15, -0.1) is 10.2 Å². The van der Waals surface area contributed by atoms with E-state index in [9.17, 15) is 0 Å². The molecule has 5 nitrogen and oxygen atoms in total. The first-order valence-corrected chi connectivity index (χ1v) is 6.44. The van der Waals surface area contributed by atoms with E-state index in [2.05, 4.69) is 16.7 Å². The third-order valence-corrected chi connectivity index (χ3v) is 3.14. The van der Waals surface area contributed by atoms with Crippen LogP contribution in [0.3, 0.4) is 0 Å². The van der Waals surface area contributed by atoms with Crippen LogP contribution in [0.2, 0.25) is 5.02 Å². The number of fused-ring (bicyclic) bond motifs is 1. The molecule has 0 fully saturated rings. The molecular weight excluding hydrogens is 277 g/mol. The molecule has 88 valence electrons. The van der Waals surface area contributed by atoms with Gasteiger partial charge < -0.3 is 0 Å². The van der Waals surface area contributed by atoms with E-state index < -0.39 is 10.2 Å². The van der Waals surface area contributed by atoms with Gasteiger partial charge in [0.25, 0.3) is 4.83 Å². The van der Waals surface area contributed by atoms with Crippen LogP contribution in [0.4, 0.5) is 0 Å². The van der Waals surface area contributed by atoms with E-state index in [-0.39, 0.29) is 0 Å². The highest BCUT2D eigenvalue weighted by Crippen LogP contribution is 2.18. The Morgan fingerprint density at radius 3 is 2.38 bits per heavy atom. The summed E-state index contributed by atoms with van der Waals surface area (Å²) >= 11 is 7.63. The summed E-state index contributed by atoms with van der Waals surface area (Å²) in [5, 5.41) is 2.92. The number of hydrogen-bond acceptors (Lipinski definition) is 5. The standard InChI is InChI=1S/C8H7ClNS.ClHO4/c1-6-5-11-8-7(9)3-2-4-10(6)8;2-1(3,4)5/h2-5H,1H3;(H,2,3,4,5)/q+1;/p-1. The molecule has 0 spiro atoms. The molecule has 0 unspecified atom stereocenters. The van der Waals surface area contributed by atoms with Gasteiger partial charge in [-0.1, -0.05) is 22.9 Å². The second-order valence-corrected chi connectivity index (χ2v) is 4.81. The van der Waals surface area contributed by atoms with Gasteiger partial charge in [0.05, 0.1) is 5.38 Å². The number of nitrogens with zero attached hydrogens (tertiary/aromatic N) is 1. The molecule has 0 aliphatic rings. The molecule has 0 amide bonds. The van der Waals surface area contributed by atoms with Crippen molar-refractivity contribution in [3.8, 4) is 0 Å². The molecular formula is C8H7Cl2NO4S. The molecule has 2 rings (SSSR count). The maximum absolute atomic E-state index is 8.49. The molecule has 0 aliphatic carbocycles. The molecule has 2 aromatic heterocycles. The van der Waals surface area contributed by atoms with Crippen molar-refractivity contribution in [3.05, 3.63) is 34.4 Å². The molecule has 0 aliphatic heterocycles. The Morgan fingerprint density at radius 2 is 1.88 bits per heavy atom. The van der Waals surface area contributed by atoms with Crippen molar-refractivity contribution in [2.24, 2.45) is 0 Å². The van der Waals surface area contributed by atoms with Crippen LogP contribution in [0, 0.1) is 17.2 Å². The fourth-order valence-electron chi connectivity index (χ4n) is 1.06. The molecule has 0 saturated carbocycles. The third kappa shape index (κ3) is 4.18. The van der Waals surface area contributed by atoms with E-state index in [1.807, 2.05) is 18.3 Å². The lowest BCUT2D eigenvalue weighted by molar-refractivity contribution is -2.00. The van der Waals surface area contributed by atoms with Crippen LogP contribution >= 0.6 is 22.9 Å². The van der Waals surface area contributed by atoms with Crippen molar-refractivity contribution in [2.45, 2.75) is 6.92 Å². The van der Waals surface area contributed by atoms with Crippen LogP contribution in [0.5, 0.6) is 0 Å². The zero-order valence-corrected chi connectivity index (χ0v) is 10.4. The SMILES string of the molecule is Cc1csc2c(Cl)ccc[n+]12.[O-][Cl+3]([O-])([O-])[O-]. The predicted molar refractivity (Wildman–Crippen MR) is 47.2 cm³/mol. The van der Waals surface area contributed by atoms with Gasteiger partial charge in [0, 0.05) is 13.0 Å². The average molecular weight is 284 g/mol. The first-order chi connectivity index (χ1) is 7.29. The molecule has 0 radical (unpaired) electrons. The third-order valence-electron chi connectivity index (χ3n) is 1.62. The Morgan fingerprint density at radius 1 is 1.31 bits per heavy atom. The van der Waals surface area contributed by atoms with Gasteiger partial charge in [0.15, 0.2) is 11.9 Å². The number of aromatic nitrogens is 1. The quantitative estimate of drug-likeness (QED) is 0.508. The molecule has 0 bridgehead atoms. The molecule has 16 heavy (non-hydrogen) atoms. The van der Waals surface area contributed by atoms with E-state index in [0.717, 1.165) is 9.85 Å². The average Bonchev–Trinajstić information content (AvgIpc) is 2.47. The Labute approximate surface area is 103 Å². The molecule has 2 aromatic rings. The highest BCUT2D eigenvalue weighted by atomic mass is 35.7. The Hall–Kier alpha value is -0.470. The highest BCUT2D eigenvalue weighted by molar-refractivity contribution is 7.15. The van der Waals surface area contributed by atoms with Crippen molar-refractivity contribution < 1.29 is 33.3 Å². The van der Waals surface area contributed by atoms with Crippen LogP contribution in [0.15, 0.2) is 23.7 Å². The van der Waals surface area contributed by atoms with E-state index >= 15 is 0 Å². The van der Waals surface area contributed by atoms with Crippen molar-refractivity contribution in [2.75, 3.05) is 0 Å². The molecule has 0 atom stereocenters. The second-order valence-electron chi connectivity index (χ2n) is 2.79. The van der Waals surface area contributed by atoms with E-state index in [1.165, 1.54) is 5.69 Å². The zero-order valence-electron chi connectivity index (χ0n) is 8.05. The lowest BCUT2D eigenvalue weighted by atomic mass is 10.4. The van der Waals surface area contributed by atoms with Crippen LogP contribution in [-0.2, 0) is 0 Å². The van der Waals surface area contributed by atoms with Gasteiger partial charge in [-0.3, -0.25) is 0 Å². The van der Waals surface area contributed by atoms with Crippen LogP contribution in [0.1, 0.15) is 5.69 Å². The molecule has 0 saturated heterocycles. The van der Waals surface area contributed by atoms with Gasteiger partial charge in [-0.25, -0.2) is 18.6 Å². The Kier molecular flexibility index (Phi) is 4.45. The number of rotatable bonds is 0.